The van der Waals surface area contributed by atoms with Crippen LogP contribution in [0.4, 0.5) is 13.2 Å². The minimum Gasteiger partial charge on any atom is -0.403 e. The number of halogens is 3. The molecule has 0 saturated carbocycles. The molecule has 2 aromatic carbocycles. The number of carbonyl (C=O) groups excluding carboxylic acids is 1. The first-order chi connectivity index (χ1) is 17.4. The molecule has 186 valence electrons. The van der Waals surface area contributed by atoms with Crippen LogP contribution >= 0.6 is 0 Å². The third kappa shape index (κ3) is 8.46. The zero-order valence-corrected chi connectivity index (χ0v) is 19.5. The smallest absolute Gasteiger partial charge is 0.403 e. The van der Waals surface area contributed by atoms with Crippen molar-refractivity contribution in [3.63, 3.8) is 0 Å². The van der Waals surface area contributed by atoms with E-state index in [0.717, 1.165) is 30.8 Å². The van der Waals surface area contributed by atoms with Crippen molar-refractivity contribution in [1.29, 1.82) is 0 Å². The van der Waals surface area contributed by atoms with Crippen LogP contribution in [-0.4, -0.2) is 24.0 Å². The molecular formula is C28H27F3N4O. The monoisotopic (exact) mass is 492 g/mol. The zero-order valence-electron chi connectivity index (χ0n) is 19.5. The molecular weight excluding hydrogens is 465 g/mol. The van der Waals surface area contributed by atoms with Gasteiger partial charge in [0.25, 0.3) is 5.91 Å². The summed E-state index contributed by atoms with van der Waals surface area (Å²) >= 11 is 0. The standard InChI is InChI=1S/C26H25F3N4O.C2H2/c27-26(28,29)20-12-10-19(11-13-20)23-8-1-2-9-24(23)25(34)33-22(18-30)7-5-15-31-17-14-21-6-3-4-16-32-21;1-2/h1-13,16,18,31H,14-15,17,30H2,(H,33,34);1-2H/b7-5-,22-18+;. The molecule has 1 heterocycles. The third-order valence-electron chi connectivity index (χ3n) is 4.98. The average molecular weight is 493 g/mol. The van der Waals surface area contributed by atoms with Gasteiger partial charge >= 0.3 is 6.18 Å². The van der Waals surface area contributed by atoms with Crippen LogP contribution in [0, 0.1) is 12.8 Å². The highest BCUT2D eigenvalue weighted by Gasteiger charge is 2.30. The molecule has 0 bridgehead atoms. The summed E-state index contributed by atoms with van der Waals surface area (Å²) in [5.74, 6) is -0.417. The normalized spacial score (nSPS) is 11.5. The number of nitrogens with zero attached hydrogens (tertiary/aromatic N) is 1. The number of rotatable bonds is 9. The fourth-order valence-electron chi connectivity index (χ4n) is 3.24. The van der Waals surface area contributed by atoms with Crippen molar-refractivity contribution in [3.05, 3.63) is 114 Å². The lowest BCUT2D eigenvalue weighted by atomic mass is 9.98. The van der Waals surface area contributed by atoms with Gasteiger partial charge in [0, 0.05) is 43.2 Å². The number of aromatic nitrogens is 1. The number of hydrogen-bond acceptors (Lipinski definition) is 4. The Hall–Kier alpha value is -4.35. The van der Waals surface area contributed by atoms with Gasteiger partial charge in [0.2, 0.25) is 0 Å². The Labute approximate surface area is 209 Å². The van der Waals surface area contributed by atoms with E-state index < -0.39 is 17.6 Å². The van der Waals surface area contributed by atoms with Crippen LogP contribution in [0.1, 0.15) is 21.6 Å². The third-order valence-corrected chi connectivity index (χ3v) is 4.98. The quantitative estimate of drug-likeness (QED) is 0.225. The molecule has 8 heteroatoms. The number of nitrogens with two attached hydrogens (primary N) is 1. The number of benzene rings is 2. The van der Waals surface area contributed by atoms with Crippen LogP contribution in [0.3, 0.4) is 0 Å². The second-order valence-electron chi connectivity index (χ2n) is 7.37. The molecule has 0 saturated heterocycles. The second-order valence-corrected chi connectivity index (χ2v) is 7.37. The largest absolute Gasteiger partial charge is 0.416 e. The SMILES string of the molecule is C#C.N/C=C(\C=C/CNCCc1ccccn1)NC(=O)c1ccccc1-c1ccc(C(F)(F)F)cc1. The minimum atomic E-state index is -4.42. The van der Waals surface area contributed by atoms with Crippen LogP contribution in [0.5, 0.6) is 0 Å². The van der Waals surface area contributed by atoms with Crippen molar-refractivity contribution in [3.8, 4) is 24.0 Å². The molecule has 0 radical (unpaired) electrons. The molecule has 0 aliphatic carbocycles. The van der Waals surface area contributed by atoms with Gasteiger partial charge in [0.05, 0.1) is 11.3 Å². The fraction of sp³-hybridized carbons (Fsp3) is 0.143. The molecule has 3 aromatic rings. The van der Waals surface area contributed by atoms with Crippen LogP contribution in [-0.2, 0) is 12.6 Å². The number of nitrogens with one attached hydrogen (secondary N) is 2. The first-order valence-electron chi connectivity index (χ1n) is 11.0. The summed E-state index contributed by atoms with van der Waals surface area (Å²) in [5, 5.41) is 5.99. The molecule has 5 nitrogen and oxygen atoms in total. The van der Waals surface area contributed by atoms with Gasteiger partial charge in [-0.15, -0.1) is 12.8 Å². The van der Waals surface area contributed by atoms with Crippen molar-refractivity contribution < 1.29 is 18.0 Å². The van der Waals surface area contributed by atoms with E-state index in [1.165, 1.54) is 18.3 Å². The van der Waals surface area contributed by atoms with Gasteiger partial charge in [-0.2, -0.15) is 13.2 Å². The van der Waals surface area contributed by atoms with E-state index in [4.69, 9.17) is 5.73 Å². The van der Waals surface area contributed by atoms with Crippen molar-refractivity contribution in [2.45, 2.75) is 12.6 Å². The Morgan fingerprint density at radius 2 is 1.69 bits per heavy atom. The Morgan fingerprint density at radius 1 is 1.00 bits per heavy atom. The number of pyridine rings is 1. The molecule has 1 aromatic heterocycles. The lowest BCUT2D eigenvalue weighted by Gasteiger charge is -2.12. The number of hydrogen-bond donors (Lipinski definition) is 3. The van der Waals surface area contributed by atoms with Gasteiger partial charge in [-0.05, 0) is 47.5 Å². The highest BCUT2D eigenvalue weighted by atomic mass is 19.4. The number of allylic oxidation sites excluding steroid dienone is 1. The predicted octanol–water partition coefficient (Wildman–Crippen LogP) is 4.94. The maximum absolute atomic E-state index is 12.9. The highest BCUT2D eigenvalue weighted by Crippen LogP contribution is 2.31. The Morgan fingerprint density at radius 3 is 2.33 bits per heavy atom. The lowest BCUT2D eigenvalue weighted by molar-refractivity contribution is -0.137. The molecule has 3 rings (SSSR count). The van der Waals surface area contributed by atoms with Crippen LogP contribution < -0.4 is 16.4 Å². The van der Waals surface area contributed by atoms with Gasteiger partial charge in [0.15, 0.2) is 0 Å². The molecule has 0 aliphatic rings. The van der Waals surface area contributed by atoms with Gasteiger partial charge in [-0.3, -0.25) is 9.78 Å². The maximum Gasteiger partial charge on any atom is 0.416 e. The first-order valence-corrected chi connectivity index (χ1v) is 11.0. The van der Waals surface area contributed by atoms with E-state index in [9.17, 15) is 18.0 Å². The number of carbonyl (C=O) groups is 1. The van der Waals surface area contributed by atoms with Crippen LogP contribution in [0.15, 0.2) is 97.0 Å². The van der Waals surface area contributed by atoms with E-state index >= 15 is 0 Å². The molecule has 36 heavy (non-hydrogen) atoms. The minimum absolute atomic E-state index is 0.323. The van der Waals surface area contributed by atoms with Crippen LogP contribution in [0.25, 0.3) is 11.1 Å². The Bertz CT molecular complexity index is 1180. The van der Waals surface area contributed by atoms with Gasteiger partial charge in [-0.1, -0.05) is 42.5 Å². The number of alkyl halides is 3. The van der Waals surface area contributed by atoms with E-state index in [1.54, 1.807) is 36.5 Å². The second kappa shape index (κ2) is 14.1. The van der Waals surface area contributed by atoms with Gasteiger partial charge < -0.3 is 16.4 Å². The summed E-state index contributed by atoms with van der Waals surface area (Å²) in [6.07, 6.45) is 10.9. The summed E-state index contributed by atoms with van der Waals surface area (Å²) in [5.41, 5.74) is 7.66. The number of amides is 1. The average Bonchev–Trinajstić information content (AvgIpc) is 2.91. The molecule has 0 atom stereocenters. The zero-order chi connectivity index (χ0) is 26.4. The van der Waals surface area contributed by atoms with Crippen molar-refractivity contribution in [1.82, 2.24) is 15.6 Å². The van der Waals surface area contributed by atoms with E-state index in [2.05, 4.69) is 28.5 Å². The van der Waals surface area contributed by atoms with Crippen molar-refractivity contribution in [2.24, 2.45) is 5.73 Å². The number of terminal acetylenes is 1. The topological polar surface area (TPSA) is 80.0 Å². The molecule has 0 unspecified atom stereocenters. The summed E-state index contributed by atoms with van der Waals surface area (Å²) in [6.45, 7) is 1.32. The predicted molar refractivity (Wildman–Crippen MR) is 136 cm³/mol. The summed E-state index contributed by atoms with van der Waals surface area (Å²) < 4.78 is 38.6. The summed E-state index contributed by atoms with van der Waals surface area (Å²) in [6, 6.07) is 17.2. The summed E-state index contributed by atoms with van der Waals surface area (Å²) in [4.78, 5) is 17.1. The Balaban J connectivity index is 0.00000222. The molecule has 4 N–H and O–H groups in total. The highest BCUT2D eigenvalue weighted by molar-refractivity contribution is 6.01. The molecule has 1 amide bonds. The Kier molecular flexibility index (Phi) is 11.0. The molecule has 0 fully saturated rings. The molecule has 0 aliphatic heterocycles. The summed E-state index contributed by atoms with van der Waals surface area (Å²) in [7, 11) is 0. The van der Waals surface area contributed by atoms with Gasteiger partial charge in [0.1, 0.15) is 0 Å². The molecule has 0 spiro atoms. The van der Waals surface area contributed by atoms with E-state index in [1.807, 2.05) is 24.3 Å². The fourth-order valence-corrected chi connectivity index (χ4v) is 3.24. The van der Waals surface area contributed by atoms with Gasteiger partial charge in [-0.25, -0.2) is 0 Å². The maximum atomic E-state index is 12.9. The van der Waals surface area contributed by atoms with Crippen molar-refractivity contribution >= 4 is 5.91 Å². The van der Waals surface area contributed by atoms with Crippen molar-refractivity contribution in [2.75, 3.05) is 13.1 Å². The van der Waals surface area contributed by atoms with Crippen LogP contribution in [0.2, 0.25) is 0 Å². The van der Waals surface area contributed by atoms with E-state index in [0.29, 0.717) is 28.9 Å². The first kappa shape index (κ1) is 27.9. The van der Waals surface area contributed by atoms with E-state index in [-0.39, 0.29) is 0 Å². The lowest BCUT2D eigenvalue weighted by Crippen LogP contribution is -2.23.